The van der Waals surface area contributed by atoms with Crippen LogP contribution < -0.4 is 5.32 Å². The number of aliphatic hydroxyl groups excluding tert-OH is 1. The van der Waals surface area contributed by atoms with Crippen LogP contribution in [-0.4, -0.2) is 56.6 Å². The lowest BCUT2D eigenvalue weighted by Crippen LogP contribution is -2.49. The molecule has 1 aromatic heterocycles. The van der Waals surface area contributed by atoms with Crippen LogP contribution in [0.4, 0.5) is 13.8 Å². The van der Waals surface area contributed by atoms with Crippen LogP contribution in [0.15, 0.2) is 44.2 Å². The first kappa shape index (κ1) is 25.8. The van der Waals surface area contributed by atoms with Crippen molar-refractivity contribution in [1.29, 1.82) is 0 Å². The number of amides is 1. The van der Waals surface area contributed by atoms with E-state index in [1.807, 2.05) is 0 Å². The monoisotopic (exact) mass is 571 g/mol. The summed E-state index contributed by atoms with van der Waals surface area (Å²) in [5.41, 5.74) is 0.0625. The van der Waals surface area contributed by atoms with E-state index in [0.717, 1.165) is 29.7 Å². The molecule has 3 aliphatic rings. The number of sulfone groups is 1. The summed E-state index contributed by atoms with van der Waals surface area (Å²) >= 11 is 1.02. The maximum Gasteiger partial charge on any atom is 0.287 e. The molecule has 2 aromatic rings. The van der Waals surface area contributed by atoms with Crippen molar-refractivity contribution in [3.8, 4) is 0 Å². The van der Waals surface area contributed by atoms with Crippen molar-refractivity contribution in [3.05, 3.63) is 57.7 Å². The van der Waals surface area contributed by atoms with Gasteiger partial charge in [-0.25, -0.2) is 17.2 Å². The van der Waals surface area contributed by atoms with Crippen LogP contribution in [0, 0.1) is 17.6 Å². The predicted molar refractivity (Wildman–Crippen MR) is 134 cm³/mol. The fraction of sp³-hybridized carbons (Fsp3) is 0.391. The number of halogens is 2. The fourth-order valence-corrected chi connectivity index (χ4v) is 8.35. The third-order valence-corrected chi connectivity index (χ3v) is 10.2. The Bertz CT molecular complexity index is 1580. The summed E-state index contributed by atoms with van der Waals surface area (Å²) in [7, 11) is -7.67. The number of amidine groups is 1. The van der Waals surface area contributed by atoms with E-state index in [0.29, 0.717) is 19.3 Å². The van der Waals surface area contributed by atoms with E-state index in [9.17, 15) is 35.5 Å². The lowest BCUT2D eigenvalue weighted by Gasteiger charge is -2.38. The number of hydrogen-bond donors (Lipinski definition) is 2. The van der Waals surface area contributed by atoms with Crippen molar-refractivity contribution in [2.24, 2.45) is 10.3 Å². The van der Waals surface area contributed by atoms with Gasteiger partial charge < -0.3 is 15.3 Å². The van der Waals surface area contributed by atoms with Crippen molar-refractivity contribution in [2.75, 3.05) is 17.3 Å². The van der Waals surface area contributed by atoms with Gasteiger partial charge in [0.05, 0.1) is 5.75 Å². The maximum atomic E-state index is 14.4. The molecule has 0 bridgehead atoms. The Hall–Kier alpha value is -2.84. The molecule has 2 aliphatic heterocycles. The van der Waals surface area contributed by atoms with Gasteiger partial charge in [-0.3, -0.25) is 4.79 Å². The second kappa shape index (κ2) is 9.17. The number of sulfonamides is 1. The van der Waals surface area contributed by atoms with E-state index in [2.05, 4.69) is 9.71 Å². The lowest BCUT2D eigenvalue weighted by atomic mass is 9.89. The zero-order chi connectivity index (χ0) is 26.7. The van der Waals surface area contributed by atoms with Crippen LogP contribution in [0.2, 0.25) is 0 Å². The highest BCUT2D eigenvalue weighted by Crippen LogP contribution is 2.43. The van der Waals surface area contributed by atoms with Gasteiger partial charge in [-0.1, -0.05) is 12.5 Å². The van der Waals surface area contributed by atoms with Gasteiger partial charge >= 0.3 is 0 Å². The third-order valence-electron chi connectivity index (χ3n) is 6.81. The normalized spacial score (nSPS) is 22.9. The molecule has 37 heavy (non-hydrogen) atoms. The minimum atomic E-state index is -4.33. The van der Waals surface area contributed by atoms with E-state index in [1.165, 1.54) is 16.3 Å². The molecule has 2 atom stereocenters. The van der Waals surface area contributed by atoms with Gasteiger partial charge in [-0.15, -0.1) is 15.7 Å². The average molecular weight is 572 g/mol. The molecule has 2 unspecified atom stereocenters. The van der Waals surface area contributed by atoms with Crippen molar-refractivity contribution < 1.29 is 35.5 Å². The number of nitrogens with one attached hydrogen (secondary N) is 1. The van der Waals surface area contributed by atoms with Crippen molar-refractivity contribution >= 4 is 47.9 Å². The van der Waals surface area contributed by atoms with Gasteiger partial charge in [0.2, 0.25) is 0 Å². The van der Waals surface area contributed by atoms with E-state index in [-0.39, 0.29) is 56.9 Å². The van der Waals surface area contributed by atoms with Crippen molar-refractivity contribution in [2.45, 2.75) is 43.2 Å². The van der Waals surface area contributed by atoms with Gasteiger partial charge in [0.15, 0.2) is 5.84 Å². The first-order valence-electron chi connectivity index (χ1n) is 11.4. The fourth-order valence-electron chi connectivity index (χ4n) is 5.09. The Labute approximate surface area is 216 Å². The van der Waals surface area contributed by atoms with Crippen LogP contribution in [0.5, 0.6) is 0 Å². The number of anilines is 1. The highest BCUT2D eigenvalue weighted by Gasteiger charge is 2.47. The number of nitrogens with zero attached hydrogens (tertiary/aromatic N) is 2. The number of aliphatic hydroxyl groups is 1. The van der Waals surface area contributed by atoms with Crippen LogP contribution in [0.1, 0.15) is 30.4 Å². The Balaban J connectivity index is 1.52. The number of thiophene rings is 1. The summed E-state index contributed by atoms with van der Waals surface area (Å²) in [6.07, 6.45) is 2.82. The number of hydrogen-bond acceptors (Lipinski definition) is 8. The van der Waals surface area contributed by atoms with Crippen molar-refractivity contribution in [3.63, 3.8) is 0 Å². The SMILES string of the molecule is CS(=O)(=O)CCc1csc2c1S(=O)(=O)N=C(C1=C(O)C3CCCC3N(Cc3ccc(F)cc3F)C1=O)N2. The molecule has 0 radical (unpaired) electrons. The molecule has 2 N–H and O–H groups in total. The van der Waals surface area contributed by atoms with Crippen LogP contribution in [0.3, 0.4) is 0 Å². The van der Waals surface area contributed by atoms with Gasteiger partial charge in [0.25, 0.3) is 15.9 Å². The van der Waals surface area contributed by atoms with Gasteiger partial charge in [-0.2, -0.15) is 8.42 Å². The molecule has 0 spiro atoms. The summed E-state index contributed by atoms with van der Waals surface area (Å²) in [5.74, 6) is -3.64. The molecule has 14 heteroatoms. The third kappa shape index (κ3) is 4.77. The maximum absolute atomic E-state index is 14.4. The standard InChI is InChI=1S/C23H23F2N3O6S3/c1-36(31,32)8-7-13-11-35-22-20(13)37(33,34)27-21(26-22)18-19(29)15-3-2-4-17(15)28(23(18)30)10-12-5-6-14(24)9-16(12)25/h5-6,9,11,15,17,29H,2-4,7-8,10H2,1H3,(H,26,27). The van der Waals surface area contributed by atoms with E-state index >= 15 is 0 Å². The Morgan fingerprint density at radius 2 is 2.00 bits per heavy atom. The number of carbonyl (C=O) groups excluding carboxylic acids is 1. The second-order valence-electron chi connectivity index (χ2n) is 9.37. The highest BCUT2D eigenvalue weighted by molar-refractivity contribution is 7.91. The molecule has 1 aliphatic carbocycles. The predicted octanol–water partition coefficient (Wildman–Crippen LogP) is 3.15. The summed E-state index contributed by atoms with van der Waals surface area (Å²) in [4.78, 5) is 14.9. The molecule has 3 heterocycles. The van der Waals surface area contributed by atoms with E-state index < -0.39 is 49.4 Å². The average Bonchev–Trinajstić information content (AvgIpc) is 3.44. The molecule has 9 nitrogen and oxygen atoms in total. The summed E-state index contributed by atoms with van der Waals surface area (Å²) < 4.78 is 81.0. The zero-order valence-corrected chi connectivity index (χ0v) is 22.0. The molecule has 5 rings (SSSR count). The molecular formula is C23H23F2N3O6S3. The first-order chi connectivity index (χ1) is 17.4. The molecule has 1 saturated carbocycles. The number of fused-ring (bicyclic) bond motifs is 2. The molecule has 1 fully saturated rings. The smallest absolute Gasteiger partial charge is 0.287 e. The number of rotatable bonds is 6. The Morgan fingerprint density at radius 3 is 2.70 bits per heavy atom. The minimum absolute atomic E-state index is 0.0237. The summed E-state index contributed by atoms with van der Waals surface area (Å²) in [6, 6.07) is 2.63. The van der Waals surface area contributed by atoms with E-state index in [4.69, 9.17) is 0 Å². The van der Waals surface area contributed by atoms with Crippen LogP contribution >= 0.6 is 11.3 Å². The van der Waals surface area contributed by atoms with Crippen LogP contribution in [-0.2, 0) is 37.6 Å². The zero-order valence-electron chi connectivity index (χ0n) is 19.6. The Morgan fingerprint density at radius 1 is 1.24 bits per heavy atom. The highest BCUT2D eigenvalue weighted by atomic mass is 32.2. The topological polar surface area (TPSA) is 133 Å². The van der Waals surface area contributed by atoms with Gasteiger partial charge in [-0.05, 0) is 36.3 Å². The molecule has 0 saturated heterocycles. The molecule has 1 amide bonds. The number of aryl methyl sites for hydroxylation is 1. The minimum Gasteiger partial charge on any atom is -0.511 e. The quantitative estimate of drug-likeness (QED) is 0.544. The molecular weight excluding hydrogens is 548 g/mol. The first-order valence-corrected chi connectivity index (χ1v) is 15.8. The van der Waals surface area contributed by atoms with E-state index in [1.54, 1.807) is 0 Å². The van der Waals surface area contributed by atoms with Crippen LogP contribution in [0.25, 0.3) is 0 Å². The molecule has 1 aromatic carbocycles. The van der Waals surface area contributed by atoms with Gasteiger partial charge in [0, 0.05) is 36.4 Å². The number of carbonyl (C=O) groups is 1. The second-order valence-corrected chi connectivity index (χ2v) is 14.1. The van der Waals surface area contributed by atoms with Gasteiger partial charge in [0.1, 0.15) is 42.7 Å². The largest absolute Gasteiger partial charge is 0.511 e. The number of benzene rings is 1. The summed E-state index contributed by atoms with van der Waals surface area (Å²) in [5, 5.41) is 15.6. The lowest BCUT2D eigenvalue weighted by molar-refractivity contribution is -0.132. The Kier molecular flexibility index (Phi) is 6.39. The molecule has 198 valence electrons. The van der Waals surface area contributed by atoms with Crippen molar-refractivity contribution in [1.82, 2.24) is 4.90 Å². The summed E-state index contributed by atoms with van der Waals surface area (Å²) in [6.45, 7) is -0.192.